The molecule has 0 amide bonds. The summed E-state index contributed by atoms with van der Waals surface area (Å²) in [6, 6.07) is 13.0. The van der Waals surface area contributed by atoms with E-state index in [4.69, 9.17) is 28.6 Å². The van der Waals surface area contributed by atoms with E-state index in [-0.39, 0.29) is 0 Å². The predicted octanol–water partition coefficient (Wildman–Crippen LogP) is 4.91. The SMILES string of the molecule is COc1ccc(Br)cc1C=Nn1c(-c2cccc(Cl)c2)n[nH]c1=S. The number of aromatic nitrogens is 3. The minimum Gasteiger partial charge on any atom is -0.496 e. The molecule has 2 aromatic carbocycles. The topological polar surface area (TPSA) is 55.2 Å². The third kappa shape index (κ3) is 3.58. The molecule has 24 heavy (non-hydrogen) atoms. The van der Waals surface area contributed by atoms with Crippen molar-refractivity contribution >= 4 is 46.0 Å². The molecule has 0 radical (unpaired) electrons. The van der Waals surface area contributed by atoms with Gasteiger partial charge in [-0.25, -0.2) is 5.10 Å². The van der Waals surface area contributed by atoms with Gasteiger partial charge in [0.25, 0.3) is 0 Å². The van der Waals surface area contributed by atoms with Gasteiger partial charge in [-0.1, -0.05) is 39.7 Å². The van der Waals surface area contributed by atoms with E-state index in [1.807, 2.05) is 30.3 Å². The Hall–Kier alpha value is -1.96. The molecule has 0 saturated heterocycles. The molecule has 0 aliphatic heterocycles. The van der Waals surface area contributed by atoms with E-state index < -0.39 is 0 Å². The third-order valence-electron chi connectivity index (χ3n) is 3.24. The third-order valence-corrected chi connectivity index (χ3v) is 4.23. The second kappa shape index (κ2) is 7.29. The maximum absolute atomic E-state index is 6.05. The van der Waals surface area contributed by atoms with Crippen LogP contribution in [-0.2, 0) is 0 Å². The van der Waals surface area contributed by atoms with Crippen molar-refractivity contribution in [3.63, 3.8) is 0 Å². The number of nitrogens with zero attached hydrogens (tertiary/aromatic N) is 3. The number of aromatic amines is 1. The summed E-state index contributed by atoms with van der Waals surface area (Å²) in [5.41, 5.74) is 1.63. The number of halogens is 2. The van der Waals surface area contributed by atoms with Gasteiger partial charge < -0.3 is 4.74 Å². The van der Waals surface area contributed by atoms with Gasteiger partial charge in [-0.3, -0.25) is 0 Å². The van der Waals surface area contributed by atoms with Gasteiger partial charge in [0.2, 0.25) is 4.77 Å². The standard InChI is InChI=1S/C16H12BrClN4OS/c1-23-14-6-5-12(17)7-11(14)9-19-22-15(20-21-16(22)24)10-3-2-4-13(18)8-10/h2-9H,1H3,(H,21,24). The summed E-state index contributed by atoms with van der Waals surface area (Å²) in [4.78, 5) is 0. The fourth-order valence-electron chi connectivity index (χ4n) is 2.14. The Kier molecular flexibility index (Phi) is 5.13. The van der Waals surface area contributed by atoms with Crippen molar-refractivity contribution in [1.82, 2.24) is 14.9 Å². The lowest BCUT2D eigenvalue weighted by atomic mass is 10.2. The van der Waals surface area contributed by atoms with Crippen LogP contribution in [0, 0.1) is 4.77 Å². The van der Waals surface area contributed by atoms with E-state index >= 15 is 0 Å². The molecular weight excluding hydrogens is 412 g/mol. The molecule has 0 saturated carbocycles. The number of ether oxygens (including phenoxy) is 1. The van der Waals surface area contributed by atoms with Gasteiger partial charge in [-0.05, 0) is 42.5 Å². The number of benzene rings is 2. The van der Waals surface area contributed by atoms with Crippen molar-refractivity contribution in [3.8, 4) is 17.1 Å². The molecule has 0 atom stereocenters. The average molecular weight is 424 g/mol. The average Bonchev–Trinajstić information content (AvgIpc) is 2.94. The van der Waals surface area contributed by atoms with Gasteiger partial charge in [0.1, 0.15) is 5.75 Å². The maximum Gasteiger partial charge on any atom is 0.216 e. The molecule has 0 unspecified atom stereocenters. The van der Waals surface area contributed by atoms with Crippen LogP contribution in [0.15, 0.2) is 52.0 Å². The minimum absolute atomic E-state index is 0.384. The molecule has 8 heteroatoms. The largest absolute Gasteiger partial charge is 0.496 e. The second-order valence-electron chi connectivity index (χ2n) is 4.81. The number of hydrogen-bond acceptors (Lipinski definition) is 4. The van der Waals surface area contributed by atoms with Crippen LogP contribution >= 0.6 is 39.7 Å². The van der Waals surface area contributed by atoms with Gasteiger partial charge in [0.05, 0.1) is 13.3 Å². The number of nitrogens with one attached hydrogen (secondary N) is 1. The first-order chi connectivity index (χ1) is 11.6. The molecule has 0 spiro atoms. The number of hydrogen-bond donors (Lipinski definition) is 1. The minimum atomic E-state index is 0.384. The van der Waals surface area contributed by atoms with Crippen molar-refractivity contribution in [2.45, 2.75) is 0 Å². The van der Waals surface area contributed by atoms with Crippen LogP contribution in [0.2, 0.25) is 5.02 Å². The first-order valence-electron chi connectivity index (χ1n) is 6.90. The van der Waals surface area contributed by atoms with Crippen molar-refractivity contribution in [3.05, 3.63) is 62.3 Å². The van der Waals surface area contributed by atoms with E-state index in [1.165, 1.54) is 0 Å². The van der Waals surface area contributed by atoms with E-state index in [0.717, 1.165) is 15.6 Å². The summed E-state index contributed by atoms with van der Waals surface area (Å²) >= 11 is 14.8. The van der Waals surface area contributed by atoms with E-state index in [0.29, 0.717) is 21.4 Å². The first kappa shape index (κ1) is 16.9. The molecule has 1 aromatic heterocycles. The monoisotopic (exact) mass is 422 g/mol. The van der Waals surface area contributed by atoms with Gasteiger partial charge in [-0.15, -0.1) is 0 Å². The zero-order chi connectivity index (χ0) is 17.1. The number of rotatable bonds is 4. The lowest BCUT2D eigenvalue weighted by molar-refractivity contribution is 0.414. The predicted molar refractivity (Wildman–Crippen MR) is 102 cm³/mol. The molecule has 0 aliphatic carbocycles. The normalized spacial score (nSPS) is 11.1. The summed E-state index contributed by atoms with van der Waals surface area (Å²) in [7, 11) is 1.61. The fraction of sp³-hybridized carbons (Fsp3) is 0.0625. The zero-order valence-electron chi connectivity index (χ0n) is 12.5. The molecule has 0 aliphatic rings. The van der Waals surface area contributed by atoms with E-state index in [2.05, 4.69) is 31.2 Å². The van der Waals surface area contributed by atoms with Crippen molar-refractivity contribution in [2.75, 3.05) is 7.11 Å². The van der Waals surface area contributed by atoms with Gasteiger partial charge in [0.15, 0.2) is 5.82 Å². The summed E-state index contributed by atoms with van der Waals surface area (Å²) in [6.45, 7) is 0. The Morgan fingerprint density at radius 2 is 2.17 bits per heavy atom. The van der Waals surface area contributed by atoms with Crippen molar-refractivity contribution in [2.24, 2.45) is 5.10 Å². The zero-order valence-corrected chi connectivity index (χ0v) is 15.7. The lowest BCUT2D eigenvalue weighted by Crippen LogP contribution is -1.96. The van der Waals surface area contributed by atoms with Crippen LogP contribution in [0.5, 0.6) is 5.75 Å². The molecule has 1 heterocycles. The Bertz CT molecular complexity index is 967. The highest BCUT2D eigenvalue weighted by Gasteiger charge is 2.09. The van der Waals surface area contributed by atoms with Crippen LogP contribution in [0.25, 0.3) is 11.4 Å². The summed E-state index contributed by atoms with van der Waals surface area (Å²) in [5, 5.41) is 12.0. The summed E-state index contributed by atoms with van der Waals surface area (Å²) in [5.74, 6) is 1.29. The molecule has 1 N–H and O–H groups in total. The smallest absolute Gasteiger partial charge is 0.216 e. The van der Waals surface area contributed by atoms with Crippen LogP contribution in [-0.4, -0.2) is 28.2 Å². The van der Waals surface area contributed by atoms with Gasteiger partial charge >= 0.3 is 0 Å². The van der Waals surface area contributed by atoms with E-state index in [9.17, 15) is 0 Å². The van der Waals surface area contributed by atoms with Crippen molar-refractivity contribution < 1.29 is 4.74 Å². The van der Waals surface area contributed by atoms with Crippen LogP contribution in [0.4, 0.5) is 0 Å². The summed E-state index contributed by atoms with van der Waals surface area (Å²) < 4.78 is 8.20. The van der Waals surface area contributed by atoms with Crippen LogP contribution in [0.1, 0.15) is 5.56 Å². The van der Waals surface area contributed by atoms with Crippen LogP contribution in [0.3, 0.4) is 0 Å². The molecule has 0 fully saturated rings. The molecule has 5 nitrogen and oxygen atoms in total. The Labute approximate surface area is 157 Å². The first-order valence-corrected chi connectivity index (χ1v) is 8.47. The Balaban J connectivity index is 2.04. The van der Waals surface area contributed by atoms with Gasteiger partial charge in [0, 0.05) is 20.6 Å². The number of H-pyrrole nitrogens is 1. The molecule has 0 bridgehead atoms. The lowest BCUT2D eigenvalue weighted by Gasteiger charge is -2.05. The maximum atomic E-state index is 6.05. The molecular formula is C16H12BrClN4OS. The van der Waals surface area contributed by atoms with Gasteiger partial charge in [-0.2, -0.15) is 14.9 Å². The highest BCUT2D eigenvalue weighted by Crippen LogP contribution is 2.23. The fourth-order valence-corrected chi connectivity index (χ4v) is 2.89. The summed E-state index contributed by atoms with van der Waals surface area (Å²) in [6.07, 6.45) is 1.67. The van der Waals surface area contributed by atoms with E-state index in [1.54, 1.807) is 30.1 Å². The molecule has 3 aromatic rings. The highest BCUT2D eigenvalue weighted by molar-refractivity contribution is 9.10. The second-order valence-corrected chi connectivity index (χ2v) is 6.54. The molecule has 3 rings (SSSR count). The quantitative estimate of drug-likeness (QED) is 0.479. The van der Waals surface area contributed by atoms with Crippen molar-refractivity contribution in [1.29, 1.82) is 0 Å². The highest BCUT2D eigenvalue weighted by atomic mass is 79.9. The Morgan fingerprint density at radius 1 is 1.33 bits per heavy atom. The van der Waals surface area contributed by atoms with Crippen LogP contribution < -0.4 is 4.74 Å². The Morgan fingerprint density at radius 3 is 2.92 bits per heavy atom. The number of methoxy groups -OCH3 is 1. The molecule has 122 valence electrons.